The molecule has 0 aliphatic carbocycles. The van der Waals surface area contributed by atoms with E-state index in [0.29, 0.717) is 50.6 Å². The number of hydrogen-bond acceptors (Lipinski definition) is 6. The number of amides is 1. The van der Waals surface area contributed by atoms with Crippen LogP contribution in [-0.4, -0.2) is 17.8 Å². The van der Waals surface area contributed by atoms with Gasteiger partial charge in [-0.05, 0) is 72.4 Å². The average Bonchev–Trinajstić information content (AvgIpc) is 3.51. The molecule has 1 unspecified atom stereocenters. The van der Waals surface area contributed by atoms with Crippen LogP contribution < -0.4 is 30.7 Å². The summed E-state index contributed by atoms with van der Waals surface area (Å²) in [6, 6.07) is 54.4. The monoisotopic (exact) mass is 723 g/mol. The standard InChI is InChI=1S/C46H30NO6P/c48-43(30-14-4-1-5-15-30)47-31-24-26-38-40(28-31)52-41-29-32(25-27-39(41)46(38)37-22-12-10-20-35(37)45(50)53-46)51-44(49)36-21-11-13-23-42(36)54(33-16-6-2-7-17-33)34-18-8-3-9-19-34/h1-29H,(H,47,48). The number of nitrogens with one attached hydrogen (secondary N) is 1. The van der Waals surface area contributed by atoms with Crippen LogP contribution in [0.2, 0.25) is 0 Å². The Morgan fingerprint density at radius 1 is 0.593 bits per heavy atom. The Balaban J connectivity index is 1.09. The number of hydrogen-bond donors (Lipinski definition) is 1. The van der Waals surface area contributed by atoms with Gasteiger partial charge in [-0.15, -0.1) is 0 Å². The van der Waals surface area contributed by atoms with E-state index in [1.165, 1.54) is 0 Å². The second-order valence-electron chi connectivity index (χ2n) is 12.8. The van der Waals surface area contributed by atoms with Crippen LogP contribution >= 0.6 is 7.92 Å². The molecule has 9 rings (SSSR count). The Kier molecular flexibility index (Phi) is 8.34. The minimum atomic E-state index is -1.34. The first kappa shape index (κ1) is 33.0. The van der Waals surface area contributed by atoms with Gasteiger partial charge in [0.25, 0.3) is 5.91 Å². The van der Waals surface area contributed by atoms with Crippen molar-refractivity contribution in [2.75, 3.05) is 5.32 Å². The van der Waals surface area contributed by atoms with Gasteiger partial charge in [0, 0.05) is 40.1 Å². The highest BCUT2D eigenvalue weighted by Crippen LogP contribution is 2.57. The molecular formula is C46H30NO6P. The second-order valence-corrected chi connectivity index (χ2v) is 15.0. The highest BCUT2D eigenvalue weighted by atomic mass is 31.1. The fourth-order valence-electron chi connectivity index (χ4n) is 7.18. The molecule has 1 amide bonds. The van der Waals surface area contributed by atoms with Crippen LogP contribution in [0, 0.1) is 0 Å². The molecule has 54 heavy (non-hydrogen) atoms. The first-order valence-electron chi connectivity index (χ1n) is 17.4. The van der Waals surface area contributed by atoms with Crippen molar-refractivity contribution in [3.63, 3.8) is 0 Å². The normalized spacial score (nSPS) is 15.0. The summed E-state index contributed by atoms with van der Waals surface area (Å²) in [5, 5.41) is 6.02. The van der Waals surface area contributed by atoms with Gasteiger partial charge in [0.05, 0.1) is 11.1 Å². The van der Waals surface area contributed by atoms with Crippen molar-refractivity contribution in [1.29, 1.82) is 0 Å². The lowest BCUT2D eigenvalue weighted by atomic mass is 9.77. The average molecular weight is 724 g/mol. The van der Waals surface area contributed by atoms with Crippen LogP contribution in [0.1, 0.15) is 47.8 Å². The lowest BCUT2D eigenvalue weighted by Crippen LogP contribution is -2.33. The predicted octanol–water partition coefficient (Wildman–Crippen LogP) is 8.48. The van der Waals surface area contributed by atoms with Gasteiger partial charge in [-0.25, -0.2) is 9.59 Å². The van der Waals surface area contributed by atoms with E-state index in [4.69, 9.17) is 14.2 Å². The van der Waals surface area contributed by atoms with E-state index in [2.05, 4.69) is 29.6 Å². The SMILES string of the molecule is O=C(Nc1ccc2c(c1)Oc1cc(OC(=O)c3ccccc3P(c3ccccc3)c3ccccc3)ccc1C21OC(=O)c2ccccc21)c1ccccc1. The fourth-order valence-corrected chi connectivity index (χ4v) is 9.61. The molecule has 1 N–H and O–H groups in total. The van der Waals surface area contributed by atoms with Gasteiger partial charge < -0.3 is 19.5 Å². The molecule has 2 aliphatic heterocycles. The molecule has 1 spiro atoms. The van der Waals surface area contributed by atoms with E-state index < -0.39 is 25.5 Å². The zero-order valence-corrected chi connectivity index (χ0v) is 29.5. The molecule has 0 fully saturated rings. The maximum atomic E-state index is 14.1. The van der Waals surface area contributed by atoms with Gasteiger partial charge in [-0.3, -0.25) is 4.79 Å². The van der Waals surface area contributed by atoms with E-state index in [0.717, 1.165) is 15.9 Å². The first-order chi connectivity index (χ1) is 26.5. The molecule has 0 bridgehead atoms. The number of benzene rings is 7. The molecule has 0 aromatic heterocycles. The number of carbonyl (C=O) groups is 3. The third-order valence-electron chi connectivity index (χ3n) is 9.58. The van der Waals surface area contributed by atoms with Crippen molar-refractivity contribution >= 4 is 47.4 Å². The van der Waals surface area contributed by atoms with Gasteiger partial charge in [-0.2, -0.15) is 0 Å². The summed E-state index contributed by atoms with van der Waals surface area (Å²) in [5.41, 5.74) is 2.39. The Bertz CT molecular complexity index is 2540. The Morgan fingerprint density at radius 2 is 1.19 bits per heavy atom. The van der Waals surface area contributed by atoms with Gasteiger partial charge in [0.1, 0.15) is 17.2 Å². The minimum absolute atomic E-state index is 0.252. The van der Waals surface area contributed by atoms with Gasteiger partial charge in [0.2, 0.25) is 0 Å². The third-order valence-corrected chi connectivity index (χ3v) is 12.1. The summed E-state index contributed by atoms with van der Waals surface area (Å²) in [4.78, 5) is 40.6. The van der Waals surface area contributed by atoms with Crippen LogP contribution in [0.4, 0.5) is 5.69 Å². The van der Waals surface area contributed by atoms with Gasteiger partial charge in [0.15, 0.2) is 5.60 Å². The van der Waals surface area contributed by atoms with Crippen LogP contribution in [-0.2, 0) is 10.3 Å². The van der Waals surface area contributed by atoms with Crippen molar-refractivity contribution in [3.05, 3.63) is 209 Å². The maximum absolute atomic E-state index is 14.1. The molecule has 0 saturated carbocycles. The zero-order chi connectivity index (χ0) is 36.6. The van der Waals surface area contributed by atoms with Crippen LogP contribution in [0.5, 0.6) is 17.2 Å². The van der Waals surface area contributed by atoms with Crippen molar-refractivity contribution in [2.45, 2.75) is 5.60 Å². The Labute approximate surface area is 312 Å². The van der Waals surface area contributed by atoms with E-state index in [9.17, 15) is 14.4 Å². The van der Waals surface area contributed by atoms with Crippen LogP contribution in [0.3, 0.4) is 0 Å². The Morgan fingerprint density at radius 3 is 1.91 bits per heavy atom. The Hall–Kier alpha value is -6.82. The number of anilines is 1. The van der Waals surface area contributed by atoms with Crippen LogP contribution in [0.15, 0.2) is 176 Å². The lowest BCUT2D eigenvalue weighted by Gasteiger charge is -2.36. The van der Waals surface area contributed by atoms with Gasteiger partial charge >= 0.3 is 11.9 Å². The number of ether oxygens (including phenoxy) is 3. The molecule has 7 nitrogen and oxygen atoms in total. The molecule has 260 valence electrons. The fraction of sp³-hybridized carbons (Fsp3) is 0.0217. The van der Waals surface area contributed by atoms with Crippen molar-refractivity contribution < 1.29 is 28.6 Å². The molecule has 0 saturated heterocycles. The summed E-state index contributed by atoms with van der Waals surface area (Å²) in [6.45, 7) is 0. The second kappa shape index (κ2) is 13.6. The minimum Gasteiger partial charge on any atom is -0.456 e. The van der Waals surface area contributed by atoms with Crippen LogP contribution in [0.25, 0.3) is 0 Å². The molecule has 8 heteroatoms. The molecule has 0 radical (unpaired) electrons. The third kappa shape index (κ3) is 5.72. The number of rotatable bonds is 7. The van der Waals surface area contributed by atoms with E-state index in [1.54, 1.807) is 78.9 Å². The summed E-state index contributed by atoms with van der Waals surface area (Å²) in [5.74, 6) is -0.291. The summed E-state index contributed by atoms with van der Waals surface area (Å²) >= 11 is 0. The summed E-state index contributed by atoms with van der Waals surface area (Å²) < 4.78 is 18.9. The highest BCUT2D eigenvalue weighted by Gasteiger charge is 2.53. The molecule has 7 aromatic carbocycles. The number of fused-ring (bicyclic) bond motifs is 6. The summed E-state index contributed by atoms with van der Waals surface area (Å²) in [6.07, 6.45) is 0. The van der Waals surface area contributed by atoms with E-state index in [1.807, 2.05) is 72.8 Å². The molecule has 1 atom stereocenters. The quantitative estimate of drug-likeness (QED) is 0.101. The molecule has 2 heterocycles. The number of carbonyl (C=O) groups excluding carboxylic acids is 3. The van der Waals surface area contributed by atoms with E-state index in [-0.39, 0.29) is 11.7 Å². The zero-order valence-electron chi connectivity index (χ0n) is 28.6. The largest absolute Gasteiger partial charge is 0.456 e. The predicted molar refractivity (Wildman–Crippen MR) is 209 cm³/mol. The topological polar surface area (TPSA) is 90.9 Å². The molecular weight excluding hydrogens is 693 g/mol. The summed E-state index contributed by atoms with van der Waals surface area (Å²) in [7, 11) is -1.08. The first-order valence-corrected chi connectivity index (χ1v) is 18.7. The molecule has 7 aromatic rings. The van der Waals surface area contributed by atoms with E-state index >= 15 is 0 Å². The van der Waals surface area contributed by atoms with Gasteiger partial charge in [-0.1, -0.05) is 115 Å². The van der Waals surface area contributed by atoms with Crippen molar-refractivity contribution in [1.82, 2.24) is 0 Å². The maximum Gasteiger partial charge on any atom is 0.344 e. The number of esters is 2. The van der Waals surface area contributed by atoms with Crippen molar-refractivity contribution in [2.24, 2.45) is 0 Å². The smallest absolute Gasteiger partial charge is 0.344 e. The van der Waals surface area contributed by atoms with Crippen molar-refractivity contribution in [3.8, 4) is 17.2 Å². The molecule has 2 aliphatic rings. The lowest BCUT2D eigenvalue weighted by molar-refractivity contribution is 0.0224. The highest BCUT2D eigenvalue weighted by molar-refractivity contribution is 7.80.